The Kier molecular flexibility index (Phi) is 3.96. The van der Waals surface area contributed by atoms with Crippen LogP contribution in [0.25, 0.3) is 10.8 Å². The van der Waals surface area contributed by atoms with Crippen LogP contribution < -0.4 is 11.1 Å². The first-order valence-corrected chi connectivity index (χ1v) is 7.48. The van der Waals surface area contributed by atoms with E-state index in [-0.39, 0.29) is 17.9 Å². The molecule has 1 heterocycles. The van der Waals surface area contributed by atoms with E-state index in [0.29, 0.717) is 13.1 Å². The van der Waals surface area contributed by atoms with Gasteiger partial charge in [0.25, 0.3) is 0 Å². The van der Waals surface area contributed by atoms with Crippen LogP contribution in [-0.4, -0.2) is 29.9 Å². The van der Waals surface area contributed by atoms with Gasteiger partial charge in [-0.1, -0.05) is 36.4 Å². The molecule has 1 aliphatic heterocycles. The lowest BCUT2D eigenvalue weighted by Crippen LogP contribution is -2.45. The van der Waals surface area contributed by atoms with Crippen molar-refractivity contribution in [2.24, 2.45) is 11.7 Å². The van der Waals surface area contributed by atoms with E-state index < -0.39 is 0 Å². The number of fused-ring (bicyclic) bond motifs is 1. The molecule has 0 unspecified atom stereocenters. The van der Waals surface area contributed by atoms with Gasteiger partial charge in [-0.2, -0.15) is 0 Å². The fraction of sp³-hybridized carbons (Fsp3) is 0.294. The Morgan fingerprint density at radius 3 is 2.73 bits per heavy atom. The largest absolute Gasteiger partial charge is 0.369 e. The summed E-state index contributed by atoms with van der Waals surface area (Å²) in [7, 11) is 0. The number of anilines is 1. The van der Waals surface area contributed by atoms with Crippen LogP contribution in [0.1, 0.15) is 12.8 Å². The quantitative estimate of drug-likeness (QED) is 0.894. The minimum absolute atomic E-state index is 0.178. The zero-order valence-electron chi connectivity index (χ0n) is 12.3. The van der Waals surface area contributed by atoms with Crippen LogP contribution in [0.4, 0.5) is 10.5 Å². The lowest BCUT2D eigenvalue weighted by atomic mass is 9.98. The number of piperidine rings is 1. The van der Waals surface area contributed by atoms with Gasteiger partial charge >= 0.3 is 6.03 Å². The molecule has 2 aromatic rings. The minimum Gasteiger partial charge on any atom is -0.369 e. The Labute approximate surface area is 129 Å². The van der Waals surface area contributed by atoms with Crippen LogP contribution in [-0.2, 0) is 4.79 Å². The highest BCUT2D eigenvalue weighted by atomic mass is 16.2. The number of nitrogens with one attached hydrogen (secondary N) is 1. The van der Waals surface area contributed by atoms with Gasteiger partial charge in [0, 0.05) is 18.5 Å². The third kappa shape index (κ3) is 2.88. The van der Waals surface area contributed by atoms with Crippen molar-refractivity contribution in [2.75, 3.05) is 18.4 Å². The average molecular weight is 297 g/mol. The molecule has 0 spiro atoms. The third-order valence-electron chi connectivity index (χ3n) is 4.14. The summed E-state index contributed by atoms with van der Waals surface area (Å²) in [5.41, 5.74) is 6.14. The molecule has 3 rings (SSSR count). The molecule has 22 heavy (non-hydrogen) atoms. The average Bonchev–Trinajstić information content (AvgIpc) is 2.55. The van der Waals surface area contributed by atoms with Crippen molar-refractivity contribution in [2.45, 2.75) is 12.8 Å². The number of hydrogen-bond donors (Lipinski definition) is 2. The number of likely N-dealkylation sites (tertiary alicyclic amines) is 1. The van der Waals surface area contributed by atoms with Gasteiger partial charge in [-0.15, -0.1) is 0 Å². The van der Waals surface area contributed by atoms with Gasteiger partial charge in [0.05, 0.1) is 11.6 Å². The number of urea groups is 1. The zero-order chi connectivity index (χ0) is 15.5. The number of carbonyl (C=O) groups is 2. The first kappa shape index (κ1) is 14.4. The van der Waals surface area contributed by atoms with Crippen molar-refractivity contribution in [3.63, 3.8) is 0 Å². The van der Waals surface area contributed by atoms with Crippen LogP contribution in [0.5, 0.6) is 0 Å². The number of hydrogen-bond acceptors (Lipinski definition) is 2. The molecule has 114 valence electrons. The molecule has 3 amide bonds. The van der Waals surface area contributed by atoms with Crippen LogP contribution in [0, 0.1) is 5.92 Å². The van der Waals surface area contributed by atoms with E-state index in [1.165, 1.54) is 0 Å². The Balaban J connectivity index is 1.77. The Bertz CT molecular complexity index is 709. The molecule has 3 N–H and O–H groups in total. The van der Waals surface area contributed by atoms with Crippen molar-refractivity contribution >= 4 is 28.4 Å². The van der Waals surface area contributed by atoms with E-state index in [9.17, 15) is 9.59 Å². The molecular formula is C17H19N3O2. The fourth-order valence-corrected chi connectivity index (χ4v) is 2.92. The van der Waals surface area contributed by atoms with E-state index in [4.69, 9.17) is 5.73 Å². The summed E-state index contributed by atoms with van der Waals surface area (Å²) in [6.07, 6.45) is 1.56. The number of nitrogens with zero attached hydrogens (tertiary/aromatic N) is 1. The van der Waals surface area contributed by atoms with Crippen molar-refractivity contribution in [1.82, 2.24) is 4.90 Å². The molecule has 0 saturated carbocycles. The lowest BCUT2D eigenvalue weighted by Gasteiger charge is -2.31. The fourth-order valence-electron chi connectivity index (χ4n) is 2.92. The number of primary amides is 1. The van der Waals surface area contributed by atoms with E-state index in [2.05, 4.69) is 5.32 Å². The van der Waals surface area contributed by atoms with Gasteiger partial charge in [-0.05, 0) is 24.3 Å². The molecule has 1 aliphatic rings. The normalized spacial score (nSPS) is 18.2. The maximum Gasteiger partial charge on any atom is 0.321 e. The summed E-state index contributed by atoms with van der Waals surface area (Å²) in [6, 6.07) is 13.5. The molecule has 1 saturated heterocycles. The van der Waals surface area contributed by atoms with Gasteiger partial charge in [-0.3, -0.25) is 4.79 Å². The summed E-state index contributed by atoms with van der Waals surface area (Å²) in [5.74, 6) is -0.574. The summed E-state index contributed by atoms with van der Waals surface area (Å²) >= 11 is 0. The predicted octanol–water partition coefficient (Wildman–Crippen LogP) is 2.57. The summed E-state index contributed by atoms with van der Waals surface area (Å²) in [4.78, 5) is 25.4. The molecule has 1 atom stereocenters. The number of carbonyl (C=O) groups excluding carboxylic acids is 2. The highest BCUT2D eigenvalue weighted by Crippen LogP contribution is 2.24. The molecular weight excluding hydrogens is 278 g/mol. The zero-order valence-corrected chi connectivity index (χ0v) is 12.3. The second-order valence-corrected chi connectivity index (χ2v) is 5.64. The highest BCUT2D eigenvalue weighted by molar-refractivity contribution is 6.01. The highest BCUT2D eigenvalue weighted by Gasteiger charge is 2.27. The van der Waals surface area contributed by atoms with Gasteiger partial charge < -0.3 is 16.0 Å². The summed E-state index contributed by atoms with van der Waals surface area (Å²) in [6.45, 7) is 1.05. The lowest BCUT2D eigenvalue weighted by molar-refractivity contribution is -0.123. The third-order valence-corrected chi connectivity index (χ3v) is 4.14. The maximum absolute atomic E-state index is 12.4. The number of nitrogens with two attached hydrogens (primary N) is 1. The number of rotatable bonds is 2. The Morgan fingerprint density at radius 1 is 1.14 bits per heavy atom. The second kappa shape index (κ2) is 6.05. The maximum atomic E-state index is 12.4. The van der Waals surface area contributed by atoms with E-state index in [0.717, 1.165) is 29.3 Å². The van der Waals surface area contributed by atoms with E-state index >= 15 is 0 Å². The topological polar surface area (TPSA) is 75.4 Å². The van der Waals surface area contributed by atoms with E-state index in [1.54, 1.807) is 4.90 Å². The molecule has 0 bridgehead atoms. The van der Waals surface area contributed by atoms with Crippen LogP contribution in [0.15, 0.2) is 42.5 Å². The molecule has 0 radical (unpaired) electrons. The van der Waals surface area contributed by atoms with Crippen LogP contribution in [0.2, 0.25) is 0 Å². The minimum atomic E-state index is -0.331. The Morgan fingerprint density at radius 2 is 1.91 bits per heavy atom. The molecule has 0 aromatic heterocycles. The van der Waals surface area contributed by atoms with Crippen molar-refractivity contribution in [1.29, 1.82) is 0 Å². The number of amides is 3. The first-order valence-electron chi connectivity index (χ1n) is 7.48. The standard InChI is InChI=1S/C17H19N3O2/c18-16(21)13-7-4-10-20(11-13)17(22)19-15-9-3-6-12-5-1-2-8-14(12)15/h1-3,5-6,8-9,13H,4,7,10-11H2,(H2,18,21)(H,19,22)/t13-/m0/s1. The molecule has 5 heteroatoms. The SMILES string of the molecule is NC(=O)[C@H]1CCCN(C(=O)Nc2cccc3ccccc23)C1. The number of benzene rings is 2. The van der Waals surface area contributed by atoms with Crippen LogP contribution in [0.3, 0.4) is 0 Å². The van der Waals surface area contributed by atoms with Gasteiger partial charge in [0.15, 0.2) is 0 Å². The monoisotopic (exact) mass is 297 g/mol. The Hall–Kier alpha value is -2.56. The van der Waals surface area contributed by atoms with Crippen molar-refractivity contribution < 1.29 is 9.59 Å². The van der Waals surface area contributed by atoms with Gasteiger partial charge in [0.1, 0.15) is 0 Å². The van der Waals surface area contributed by atoms with E-state index in [1.807, 2.05) is 42.5 Å². The predicted molar refractivity (Wildman–Crippen MR) is 86.5 cm³/mol. The van der Waals surface area contributed by atoms with Gasteiger partial charge in [-0.25, -0.2) is 4.79 Å². The van der Waals surface area contributed by atoms with Gasteiger partial charge in [0.2, 0.25) is 5.91 Å². The van der Waals surface area contributed by atoms with Crippen molar-refractivity contribution in [3.8, 4) is 0 Å². The first-order chi connectivity index (χ1) is 10.6. The van der Waals surface area contributed by atoms with Crippen molar-refractivity contribution in [3.05, 3.63) is 42.5 Å². The van der Waals surface area contributed by atoms with Crippen LogP contribution >= 0.6 is 0 Å². The second-order valence-electron chi connectivity index (χ2n) is 5.64. The molecule has 5 nitrogen and oxygen atoms in total. The molecule has 1 fully saturated rings. The smallest absolute Gasteiger partial charge is 0.321 e. The summed E-state index contributed by atoms with van der Waals surface area (Å²) in [5, 5.41) is 5.03. The summed E-state index contributed by atoms with van der Waals surface area (Å²) < 4.78 is 0. The molecule has 0 aliphatic carbocycles. The molecule has 2 aromatic carbocycles.